The highest BCUT2D eigenvalue weighted by Gasteiger charge is 2.36. The Labute approximate surface area is 174 Å². The zero-order chi connectivity index (χ0) is 22.9. The van der Waals surface area contributed by atoms with Crippen LogP contribution < -0.4 is 0 Å². The van der Waals surface area contributed by atoms with Crippen LogP contribution in [0.4, 0.5) is 17.6 Å². The number of para-hydroxylation sites is 1. The summed E-state index contributed by atoms with van der Waals surface area (Å²) in [6.45, 7) is 1.15. The van der Waals surface area contributed by atoms with Gasteiger partial charge in [0.15, 0.2) is 5.69 Å². The summed E-state index contributed by atoms with van der Waals surface area (Å²) < 4.78 is 64.8. The molecule has 6 nitrogen and oxygen atoms in total. The number of alkyl halides is 3. The number of carbonyl (C=O) groups excluding carboxylic acids is 2. The zero-order valence-electron chi connectivity index (χ0n) is 16.6. The molecule has 3 rings (SSSR count). The summed E-state index contributed by atoms with van der Waals surface area (Å²) in [7, 11) is 2.12. The highest BCUT2D eigenvalue weighted by molar-refractivity contribution is 6.06. The summed E-state index contributed by atoms with van der Waals surface area (Å²) in [5, 5.41) is 4.18. The number of hydrogen-bond donors (Lipinski definition) is 0. The number of halogens is 4. The first kappa shape index (κ1) is 22.0. The lowest BCUT2D eigenvalue weighted by molar-refractivity contribution is -0.138. The SMILES string of the molecule is COC(=O)c1c(-c2cc(C)c(C(F)(F)F)cc2F)nn(-c2ccccc2)c1C(=O)OC. The highest BCUT2D eigenvalue weighted by Crippen LogP contribution is 2.37. The Balaban J connectivity index is 2.38. The molecule has 0 saturated carbocycles. The van der Waals surface area contributed by atoms with E-state index in [4.69, 9.17) is 9.47 Å². The van der Waals surface area contributed by atoms with Crippen molar-refractivity contribution in [1.29, 1.82) is 0 Å². The van der Waals surface area contributed by atoms with Crippen LogP contribution in [0.25, 0.3) is 16.9 Å². The summed E-state index contributed by atoms with van der Waals surface area (Å²) in [5.74, 6) is -3.27. The molecule has 0 N–H and O–H groups in total. The van der Waals surface area contributed by atoms with Gasteiger partial charge < -0.3 is 9.47 Å². The first-order valence-corrected chi connectivity index (χ1v) is 8.83. The minimum atomic E-state index is -4.77. The van der Waals surface area contributed by atoms with E-state index in [9.17, 15) is 27.2 Å². The predicted octanol–water partition coefficient (Wildman–Crippen LogP) is 4.58. The van der Waals surface area contributed by atoms with Gasteiger partial charge in [0, 0.05) is 5.56 Å². The normalized spacial score (nSPS) is 11.3. The van der Waals surface area contributed by atoms with Crippen LogP contribution >= 0.6 is 0 Å². The Hall–Kier alpha value is -3.69. The van der Waals surface area contributed by atoms with E-state index in [2.05, 4.69) is 5.10 Å². The first-order valence-electron chi connectivity index (χ1n) is 8.83. The van der Waals surface area contributed by atoms with Crippen LogP contribution in [0.2, 0.25) is 0 Å². The Morgan fingerprint density at radius 3 is 2.16 bits per heavy atom. The van der Waals surface area contributed by atoms with E-state index < -0.39 is 40.6 Å². The summed E-state index contributed by atoms with van der Waals surface area (Å²) in [4.78, 5) is 25.0. The van der Waals surface area contributed by atoms with Gasteiger partial charge in [-0.3, -0.25) is 0 Å². The van der Waals surface area contributed by atoms with Gasteiger partial charge in [-0.15, -0.1) is 0 Å². The molecule has 0 radical (unpaired) electrons. The molecule has 0 aliphatic heterocycles. The first-order chi connectivity index (χ1) is 14.6. The lowest BCUT2D eigenvalue weighted by Crippen LogP contribution is -2.15. The lowest BCUT2D eigenvalue weighted by Gasteiger charge is -2.12. The molecule has 0 aliphatic rings. The number of benzene rings is 2. The maximum absolute atomic E-state index is 14.8. The van der Waals surface area contributed by atoms with Gasteiger partial charge in [-0.1, -0.05) is 18.2 Å². The number of esters is 2. The topological polar surface area (TPSA) is 70.4 Å². The van der Waals surface area contributed by atoms with Crippen LogP contribution in [-0.4, -0.2) is 35.9 Å². The quantitative estimate of drug-likeness (QED) is 0.442. The molecule has 31 heavy (non-hydrogen) atoms. The minimum absolute atomic E-state index is 0.284. The second-order valence-electron chi connectivity index (χ2n) is 6.45. The van der Waals surface area contributed by atoms with Gasteiger partial charge in [0.1, 0.15) is 17.1 Å². The van der Waals surface area contributed by atoms with Crippen LogP contribution in [0, 0.1) is 12.7 Å². The Morgan fingerprint density at radius 1 is 1.00 bits per heavy atom. The number of hydrogen-bond acceptors (Lipinski definition) is 5. The van der Waals surface area contributed by atoms with E-state index in [0.29, 0.717) is 11.8 Å². The molecule has 1 aromatic heterocycles. The highest BCUT2D eigenvalue weighted by atomic mass is 19.4. The summed E-state index contributed by atoms with van der Waals surface area (Å²) in [6, 6.07) is 9.36. The molecule has 0 saturated heterocycles. The third-order valence-corrected chi connectivity index (χ3v) is 4.53. The van der Waals surface area contributed by atoms with Crippen molar-refractivity contribution in [3.05, 3.63) is 70.7 Å². The van der Waals surface area contributed by atoms with Crippen molar-refractivity contribution in [3.8, 4) is 16.9 Å². The summed E-state index contributed by atoms with van der Waals surface area (Å²) in [6.07, 6.45) is -4.77. The molecular formula is C21H16F4N2O4. The molecule has 10 heteroatoms. The molecule has 162 valence electrons. The molecule has 0 spiro atoms. The predicted molar refractivity (Wildman–Crippen MR) is 101 cm³/mol. The molecule has 0 fully saturated rings. The number of nitrogens with zero attached hydrogens (tertiary/aromatic N) is 2. The van der Waals surface area contributed by atoms with E-state index >= 15 is 0 Å². The van der Waals surface area contributed by atoms with Crippen LogP contribution in [0.15, 0.2) is 42.5 Å². The number of methoxy groups -OCH3 is 2. The van der Waals surface area contributed by atoms with E-state index in [0.717, 1.165) is 31.9 Å². The maximum atomic E-state index is 14.8. The summed E-state index contributed by atoms with van der Waals surface area (Å²) >= 11 is 0. The monoisotopic (exact) mass is 436 g/mol. The van der Waals surface area contributed by atoms with Crippen molar-refractivity contribution in [3.63, 3.8) is 0 Å². The molecule has 0 amide bonds. The number of rotatable bonds is 4. The van der Waals surface area contributed by atoms with Crippen LogP contribution in [0.3, 0.4) is 0 Å². The Kier molecular flexibility index (Phi) is 5.83. The van der Waals surface area contributed by atoms with Gasteiger partial charge in [0.05, 0.1) is 25.5 Å². The number of aryl methyl sites for hydroxylation is 1. The van der Waals surface area contributed by atoms with Gasteiger partial charge in [-0.2, -0.15) is 18.3 Å². The van der Waals surface area contributed by atoms with Crippen molar-refractivity contribution < 1.29 is 36.6 Å². The average Bonchev–Trinajstić information content (AvgIpc) is 3.14. The number of aromatic nitrogens is 2. The molecule has 1 heterocycles. The molecule has 2 aromatic carbocycles. The Morgan fingerprint density at radius 2 is 1.61 bits per heavy atom. The second-order valence-corrected chi connectivity index (χ2v) is 6.45. The largest absolute Gasteiger partial charge is 0.465 e. The van der Waals surface area contributed by atoms with Gasteiger partial charge >= 0.3 is 18.1 Å². The van der Waals surface area contributed by atoms with Crippen LogP contribution in [-0.2, 0) is 15.7 Å². The van der Waals surface area contributed by atoms with Gasteiger partial charge in [-0.25, -0.2) is 18.7 Å². The third kappa shape index (κ3) is 4.00. The van der Waals surface area contributed by atoms with Crippen LogP contribution in [0.1, 0.15) is 32.0 Å². The molecule has 3 aromatic rings. The van der Waals surface area contributed by atoms with Gasteiger partial charge in [0.25, 0.3) is 0 Å². The fourth-order valence-corrected chi connectivity index (χ4v) is 3.11. The average molecular weight is 436 g/mol. The summed E-state index contributed by atoms with van der Waals surface area (Å²) in [5.41, 5.74) is -2.65. The molecule has 0 unspecified atom stereocenters. The fourth-order valence-electron chi connectivity index (χ4n) is 3.11. The van der Waals surface area contributed by atoms with E-state index in [1.54, 1.807) is 30.3 Å². The van der Waals surface area contributed by atoms with E-state index in [1.165, 1.54) is 0 Å². The number of ether oxygens (including phenoxy) is 2. The second kappa shape index (κ2) is 8.21. The smallest absolute Gasteiger partial charge is 0.416 e. The fraction of sp³-hybridized carbons (Fsp3) is 0.190. The number of carbonyl (C=O) groups is 2. The van der Waals surface area contributed by atoms with Gasteiger partial charge in [0.2, 0.25) is 0 Å². The lowest BCUT2D eigenvalue weighted by atomic mass is 9.99. The van der Waals surface area contributed by atoms with Crippen molar-refractivity contribution >= 4 is 11.9 Å². The zero-order valence-corrected chi connectivity index (χ0v) is 16.6. The third-order valence-electron chi connectivity index (χ3n) is 4.53. The Bertz CT molecular complexity index is 1150. The van der Waals surface area contributed by atoms with Gasteiger partial charge in [-0.05, 0) is 36.8 Å². The maximum Gasteiger partial charge on any atom is 0.416 e. The minimum Gasteiger partial charge on any atom is -0.465 e. The van der Waals surface area contributed by atoms with Crippen molar-refractivity contribution in [2.45, 2.75) is 13.1 Å². The van der Waals surface area contributed by atoms with E-state index in [-0.39, 0.29) is 17.0 Å². The van der Waals surface area contributed by atoms with E-state index in [1.807, 2.05) is 0 Å². The van der Waals surface area contributed by atoms with Crippen molar-refractivity contribution in [2.75, 3.05) is 14.2 Å². The van der Waals surface area contributed by atoms with Crippen LogP contribution in [0.5, 0.6) is 0 Å². The molecular weight excluding hydrogens is 420 g/mol. The molecule has 0 atom stereocenters. The molecule has 0 bridgehead atoms. The standard InChI is InChI=1S/C21H16F4N2O4/c1-11-9-13(15(22)10-14(11)21(23,24)25)17-16(19(28)30-2)18(20(29)31-3)27(26-17)12-7-5-4-6-8-12/h4-10H,1-3H3. The van der Waals surface area contributed by atoms with Crippen molar-refractivity contribution in [1.82, 2.24) is 9.78 Å². The molecule has 0 aliphatic carbocycles. The van der Waals surface area contributed by atoms with Crippen molar-refractivity contribution in [2.24, 2.45) is 0 Å².